The quantitative estimate of drug-likeness (QED) is 0.883. The molecule has 6 heteroatoms. The van der Waals surface area contributed by atoms with E-state index in [-0.39, 0.29) is 17.1 Å². The van der Waals surface area contributed by atoms with Crippen molar-refractivity contribution >= 4 is 21.4 Å². The smallest absolute Gasteiger partial charge is 0.266 e. The van der Waals surface area contributed by atoms with Gasteiger partial charge in [-0.15, -0.1) is 0 Å². The number of nitrogen functional groups attached to an aromatic ring is 1. The van der Waals surface area contributed by atoms with Gasteiger partial charge in [-0.3, -0.25) is 4.31 Å². The molecule has 0 fully saturated rings. The fraction of sp³-hybridized carbons (Fsp3) is 0.200. The summed E-state index contributed by atoms with van der Waals surface area (Å²) in [4.78, 5) is -0.215. The van der Waals surface area contributed by atoms with E-state index in [9.17, 15) is 12.8 Å². The van der Waals surface area contributed by atoms with Gasteiger partial charge in [-0.2, -0.15) is 0 Å². The molecule has 0 spiro atoms. The third-order valence-electron chi connectivity index (χ3n) is 3.22. The van der Waals surface area contributed by atoms with Gasteiger partial charge in [-0.25, -0.2) is 12.8 Å². The van der Waals surface area contributed by atoms with Gasteiger partial charge in [-0.05, 0) is 43.7 Å². The van der Waals surface area contributed by atoms with Crippen molar-refractivity contribution in [3.63, 3.8) is 0 Å². The van der Waals surface area contributed by atoms with Crippen LogP contribution in [0.15, 0.2) is 47.4 Å². The molecule has 2 rings (SSSR count). The summed E-state index contributed by atoms with van der Waals surface area (Å²) >= 11 is 0. The predicted octanol–water partition coefficient (Wildman–Crippen LogP) is 2.93. The van der Waals surface area contributed by atoms with E-state index in [1.54, 1.807) is 19.1 Å². The molecule has 0 radical (unpaired) electrons. The van der Waals surface area contributed by atoms with E-state index in [4.69, 9.17) is 5.73 Å². The largest absolute Gasteiger partial charge is 0.398 e. The molecule has 2 N–H and O–H groups in total. The van der Waals surface area contributed by atoms with Crippen molar-refractivity contribution in [2.45, 2.75) is 18.7 Å². The molecule has 4 nitrogen and oxygen atoms in total. The number of para-hydroxylation sites is 1. The molecule has 2 aromatic rings. The average molecular weight is 308 g/mol. The summed E-state index contributed by atoms with van der Waals surface area (Å²) in [5.41, 5.74) is 7.12. The second-order valence-electron chi connectivity index (χ2n) is 4.64. The summed E-state index contributed by atoms with van der Waals surface area (Å²) < 4.78 is 40.2. The van der Waals surface area contributed by atoms with Crippen LogP contribution in [0.1, 0.15) is 12.5 Å². The van der Waals surface area contributed by atoms with Crippen LogP contribution in [0, 0.1) is 12.7 Å². The van der Waals surface area contributed by atoms with Crippen molar-refractivity contribution in [3.8, 4) is 0 Å². The van der Waals surface area contributed by atoms with E-state index in [1.165, 1.54) is 10.4 Å². The van der Waals surface area contributed by atoms with Crippen molar-refractivity contribution in [1.29, 1.82) is 0 Å². The highest BCUT2D eigenvalue weighted by Gasteiger charge is 2.27. The second-order valence-corrected chi connectivity index (χ2v) is 6.47. The molecule has 0 amide bonds. The molecule has 0 aliphatic heterocycles. The first kappa shape index (κ1) is 15.3. The van der Waals surface area contributed by atoms with Gasteiger partial charge < -0.3 is 5.73 Å². The molecule has 2 aromatic carbocycles. The average Bonchev–Trinajstić information content (AvgIpc) is 2.44. The van der Waals surface area contributed by atoms with Crippen molar-refractivity contribution in [2.24, 2.45) is 0 Å². The molecule has 0 unspecified atom stereocenters. The molecule has 0 aliphatic rings. The van der Waals surface area contributed by atoms with E-state index in [0.717, 1.165) is 17.7 Å². The van der Waals surface area contributed by atoms with Crippen LogP contribution < -0.4 is 10.0 Å². The molecule has 0 aromatic heterocycles. The standard InChI is InChI=1S/C15H17FN2O2S/c1-3-18(14-7-5-4-6-11(14)2)21(19,20)15-10-12(16)8-9-13(15)17/h4-10H,3,17H2,1-2H3. The molecule has 0 aliphatic carbocycles. The summed E-state index contributed by atoms with van der Waals surface area (Å²) in [7, 11) is -3.91. The highest BCUT2D eigenvalue weighted by Crippen LogP contribution is 2.29. The Morgan fingerprint density at radius 1 is 1.19 bits per heavy atom. The Morgan fingerprint density at radius 2 is 1.86 bits per heavy atom. The molecule has 0 heterocycles. The normalized spacial score (nSPS) is 11.4. The SMILES string of the molecule is CCN(c1ccccc1C)S(=O)(=O)c1cc(F)ccc1N. The highest BCUT2D eigenvalue weighted by atomic mass is 32.2. The fourth-order valence-corrected chi connectivity index (χ4v) is 3.83. The third kappa shape index (κ3) is 2.85. The lowest BCUT2D eigenvalue weighted by Crippen LogP contribution is -2.32. The highest BCUT2D eigenvalue weighted by molar-refractivity contribution is 7.93. The fourth-order valence-electron chi connectivity index (χ4n) is 2.16. The molecular weight excluding hydrogens is 291 g/mol. The maximum Gasteiger partial charge on any atom is 0.266 e. The molecule has 112 valence electrons. The number of hydrogen-bond acceptors (Lipinski definition) is 3. The van der Waals surface area contributed by atoms with E-state index in [0.29, 0.717) is 5.69 Å². The van der Waals surface area contributed by atoms with Crippen molar-refractivity contribution in [2.75, 3.05) is 16.6 Å². The van der Waals surface area contributed by atoms with Gasteiger partial charge >= 0.3 is 0 Å². The lowest BCUT2D eigenvalue weighted by Gasteiger charge is -2.25. The number of sulfonamides is 1. The summed E-state index contributed by atoms with van der Waals surface area (Å²) in [5, 5.41) is 0. The first-order valence-corrected chi connectivity index (χ1v) is 7.95. The first-order valence-electron chi connectivity index (χ1n) is 6.51. The predicted molar refractivity (Wildman–Crippen MR) is 82.2 cm³/mol. The second kappa shape index (κ2) is 5.73. The number of nitrogens with zero attached hydrogens (tertiary/aromatic N) is 1. The molecule has 0 saturated heterocycles. The number of nitrogens with two attached hydrogens (primary N) is 1. The Labute approximate surface area is 124 Å². The minimum absolute atomic E-state index is 0.0310. The maximum absolute atomic E-state index is 13.4. The van der Waals surface area contributed by atoms with Crippen molar-refractivity contribution in [1.82, 2.24) is 0 Å². The summed E-state index contributed by atoms with van der Waals surface area (Å²) in [6.07, 6.45) is 0. The Morgan fingerprint density at radius 3 is 2.48 bits per heavy atom. The lowest BCUT2D eigenvalue weighted by atomic mass is 10.2. The topological polar surface area (TPSA) is 63.4 Å². The monoisotopic (exact) mass is 308 g/mol. The Bertz CT molecular complexity index is 760. The Hall–Kier alpha value is -2.08. The zero-order valence-electron chi connectivity index (χ0n) is 11.9. The number of rotatable bonds is 4. The van der Waals surface area contributed by atoms with E-state index >= 15 is 0 Å². The zero-order chi connectivity index (χ0) is 15.6. The Kier molecular flexibility index (Phi) is 4.18. The van der Waals surface area contributed by atoms with Crippen molar-refractivity contribution < 1.29 is 12.8 Å². The van der Waals surface area contributed by atoms with E-state index in [2.05, 4.69) is 0 Å². The summed E-state index contributed by atoms with van der Waals surface area (Å²) in [6.45, 7) is 3.77. The molecule has 0 bridgehead atoms. The summed E-state index contributed by atoms with van der Waals surface area (Å²) in [5.74, 6) is -0.636. The molecule has 0 atom stereocenters. The minimum Gasteiger partial charge on any atom is -0.398 e. The van der Waals surface area contributed by atoms with Crippen LogP contribution >= 0.6 is 0 Å². The maximum atomic E-state index is 13.4. The van der Waals surface area contributed by atoms with Gasteiger partial charge in [0.1, 0.15) is 10.7 Å². The number of anilines is 2. The minimum atomic E-state index is -3.91. The van der Waals surface area contributed by atoms with Crippen LogP contribution in [0.5, 0.6) is 0 Å². The van der Waals surface area contributed by atoms with Gasteiger partial charge in [0, 0.05) is 6.54 Å². The number of benzene rings is 2. The zero-order valence-corrected chi connectivity index (χ0v) is 12.7. The van der Waals surface area contributed by atoms with E-state index < -0.39 is 15.8 Å². The number of hydrogen-bond donors (Lipinski definition) is 1. The van der Waals surface area contributed by atoms with Crippen LogP contribution in [-0.2, 0) is 10.0 Å². The van der Waals surface area contributed by atoms with E-state index in [1.807, 2.05) is 19.1 Å². The third-order valence-corrected chi connectivity index (χ3v) is 5.16. The first-order chi connectivity index (χ1) is 9.87. The van der Waals surface area contributed by atoms with Crippen LogP contribution in [0.3, 0.4) is 0 Å². The number of halogens is 1. The molecule has 0 saturated carbocycles. The Balaban J connectivity index is 2.61. The van der Waals surface area contributed by atoms with Crippen molar-refractivity contribution in [3.05, 3.63) is 53.8 Å². The van der Waals surface area contributed by atoms with Gasteiger partial charge in [0.05, 0.1) is 11.4 Å². The van der Waals surface area contributed by atoms with Gasteiger partial charge in [-0.1, -0.05) is 18.2 Å². The van der Waals surface area contributed by atoms with Gasteiger partial charge in [0.2, 0.25) is 0 Å². The van der Waals surface area contributed by atoms with Crippen LogP contribution in [0.2, 0.25) is 0 Å². The van der Waals surface area contributed by atoms with Gasteiger partial charge in [0.25, 0.3) is 10.0 Å². The van der Waals surface area contributed by atoms with Crippen LogP contribution in [0.25, 0.3) is 0 Å². The molecular formula is C15H17FN2O2S. The van der Waals surface area contributed by atoms with Crippen LogP contribution in [-0.4, -0.2) is 15.0 Å². The number of aryl methyl sites for hydroxylation is 1. The molecule has 21 heavy (non-hydrogen) atoms. The lowest BCUT2D eigenvalue weighted by molar-refractivity contribution is 0.587. The summed E-state index contributed by atoms with van der Waals surface area (Å²) in [6, 6.07) is 10.5. The van der Waals surface area contributed by atoms with Gasteiger partial charge in [0.15, 0.2) is 0 Å². The van der Waals surface area contributed by atoms with Crippen LogP contribution in [0.4, 0.5) is 15.8 Å².